The lowest BCUT2D eigenvalue weighted by Gasteiger charge is -2.31. The number of fused-ring (bicyclic) bond motifs is 1. The van der Waals surface area contributed by atoms with Gasteiger partial charge in [0.2, 0.25) is 5.79 Å². The van der Waals surface area contributed by atoms with E-state index in [4.69, 9.17) is 9.84 Å². The summed E-state index contributed by atoms with van der Waals surface area (Å²) >= 11 is 0. The van der Waals surface area contributed by atoms with Gasteiger partial charge in [-0.25, -0.2) is 0 Å². The molecule has 2 aliphatic heterocycles. The van der Waals surface area contributed by atoms with E-state index in [1.54, 1.807) is 6.92 Å². The van der Waals surface area contributed by atoms with Crippen LogP contribution in [0.4, 0.5) is 0 Å². The number of ether oxygens (including phenoxy) is 1. The molecule has 70 valence electrons. The Hall–Kier alpha value is -0.200. The van der Waals surface area contributed by atoms with E-state index in [1.165, 1.54) is 0 Å². The molecule has 0 aromatic carbocycles. The lowest BCUT2D eigenvalue weighted by molar-refractivity contribution is -0.0909. The van der Waals surface area contributed by atoms with E-state index in [9.17, 15) is 10.2 Å². The Morgan fingerprint density at radius 3 is 2.83 bits per heavy atom. The quantitative estimate of drug-likeness (QED) is 0.339. The van der Waals surface area contributed by atoms with Crippen molar-refractivity contribution in [3.8, 4) is 0 Å². The fourth-order valence-corrected chi connectivity index (χ4v) is 1.80. The summed E-state index contributed by atoms with van der Waals surface area (Å²) in [5, 5.41) is 30.8. The Balaban J connectivity index is 2.13. The molecule has 0 aromatic heterocycles. The van der Waals surface area contributed by atoms with Crippen LogP contribution in [0.25, 0.3) is 0 Å². The van der Waals surface area contributed by atoms with E-state index >= 15 is 0 Å². The van der Waals surface area contributed by atoms with Crippen LogP contribution in [0, 0.1) is 0 Å². The highest BCUT2D eigenvalue weighted by Crippen LogP contribution is 2.43. The monoisotopic (exact) mass is 175 g/mol. The first-order chi connectivity index (χ1) is 5.59. The topological polar surface area (TPSA) is 85.2 Å². The van der Waals surface area contributed by atoms with Crippen LogP contribution in [0.1, 0.15) is 6.92 Å². The standard InChI is InChI=1S/C7H13NO4/c1-3-5(10)7(11)6(12-7)4(2-9)8-3/h3-6,8-11H,2H2,1H3/t3-,4+,5-,6+,7-/m0/s1. The molecule has 0 aromatic rings. The normalized spacial score (nSPS) is 58.0. The molecule has 0 unspecified atom stereocenters. The zero-order valence-electron chi connectivity index (χ0n) is 6.77. The van der Waals surface area contributed by atoms with Crippen molar-refractivity contribution < 1.29 is 20.1 Å². The van der Waals surface area contributed by atoms with Crippen molar-refractivity contribution in [2.75, 3.05) is 6.61 Å². The Morgan fingerprint density at radius 2 is 2.25 bits per heavy atom. The van der Waals surface area contributed by atoms with E-state index in [2.05, 4.69) is 5.32 Å². The van der Waals surface area contributed by atoms with Crippen molar-refractivity contribution in [2.45, 2.75) is 37.0 Å². The lowest BCUT2D eigenvalue weighted by atomic mass is 9.94. The average Bonchev–Trinajstić information content (AvgIpc) is 2.72. The second-order valence-electron chi connectivity index (χ2n) is 3.48. The molecular formula is C7H13NO4. The summed E-state index contributed by atoms with van der Waals surface area (Å²) < 4.78 is 4.93. The average molecular weight is 175 g/mol. The van der Waals surface area contributed by atoms with Crippen molar-refractivity contribution in [2.24, 2.45) is 0 Å². The maximum atomic E-state index is 9.57. The zero-order chi connectivity index (χ0) is 8.93. The highest BCUT2D eigenvalue weighted by Gasteiger charge is 2.67. The van der Waals surface area contributed by atoms with Crippen molar-refractivity contribution in [1.29, 1.82) is 0 Å². The lowest BCUT2D eigenvalue weighted by Crippen LogP contribution is -2.59. The minimum atomic E-state index is -1.42. The van der Waals surface area contributed by atoms with Crippen LogP contribution >= 0.6 is 0 Å². The maximum Gasteiger partial charge on any atom is 0.223 e. The molecule has 5 atom stereocenters. The molecule has 2 saturated heterocycles. The molecule has 5 nitrogen and oxygen atoms in total. The predicted molar refractivity (Wildman–Crippen MR) is 39.3 cm³/mol. The molecule has 0 aliphatic carbocycles. The molecule has 0 saturated carbocycles. The van der Waals surface area contributed by atoms with Gasteiger partial charge in [0.1, 0.15) is 12.2 Å². The van der Waals surface area contributed by atoms with Crippen LogP contribution < -0.4 is 5.32 Å². The van der Waals surface area contributed by atoms with Crippen LogP contribution in [0.2, 0.25) is 0 Å². The summed E-state index contributed by atoms with van der Waals surface area (Å²) in [4.78, 5) is 0. The van der Waals surface area contributed by atoms with Crippen LogP contribution in [0.15, 0.2) is 0 Å². The van der Waals surface area contributed by atoms with Gasteiger partial charge in [-0.1, -0.05) is 0 Å². The molecule has 0 spiro atoms. The zero-order valence-corrected chi connectivity index (χ0v) is 6.77. The first-order valence-corrected chi connectivity index (χ1v) is 4.04. The third-order valence-corrected chi connectivity index (χ3v) is 2.60. The van der Waals surface area contributed by atoms with Gasteiger partial charge in [-0.15, -0.1) is 0 Å². The number of hydrogen-bond acceptors (Lipinski definition) is 5. The van der Waals surface area contributed by atoms with Crippen molar-refractivity contribution in [3.05, 3.63) is 0 Å². The number of piperidine rings is 1. The van der Waals surface area contributed by atoms with Gasteiger partial charge in [-0.05, 0) is 6.92 Å². The summed E-state index contributed by atoms with van der Waals surface area (Å²) in [5.74, 6) is -1.42. The first-order valence-electron chi connectivity index (χ1n) is 4.04. The van der Waals surface area contributed by atoms with E-state index < -0.39 is 18.0 Å². The SMILES string of the molecule is C[C@@H]1N[C@H](CO)[C@H]2O[C@@]2(O)[C@H]1O. The fraction of sp³-hybridized carbons (Fsp3) is 1.00. The Bertz CT molecular complexity index is 200. The molecular weight excluding hydrogens is 162 g/mol. The molecule has 5 heteroatoms. The van der Waals surface area contributed by atoms with Crippen LogP contribution in [-0.2, 0) is 4.74 Å². The minimum Gasteiger partial charge on any atom is -0.395 e. The minimum absolute atomic E-state index is 0.0932. The predicted octanol–water partition coefficient (Wildman–Crippen LogP) is -2.21. The molecule has 2 fully saturated rings. The second-order valence-corrected chi connectivity index (χ2v) is 3.48. The van der Waals surface area contributed by atoms with Gasteiger partial charge >= 0.3 is 0 Å². The van der Waals surface area contributed by atoms with E-state index in [0.717, 1.165) is 0 Å². The third kappa shape index (κ3) is 0.915. The highest BCUT2D eigenvalue weighted by molar-refractivity contribution is 5.12. The van der Waals surface area contributed by atoms with Crippen LogP contribution in [0.5, 0.6) is 0 Å². The summed E-state index contributed by atoms with van der Waals surface area (Å²) in [5.41, 5.74) is 0. The van der Waals surface area contributed by atoms with Crippen molar-refractivity contribution in [3.63, 3.8) is 0 Å². The number of rotatable bonds is 1. The summed E-state index contributed by atoms with van der Waals surface area (Å²) in [6.45, 7) is 1.65. The first kappa shape index (κ1) is 8.40. The maximum absolute atomic E-state index is 9.57. The van der Waals surface area contributed by atoms with Gasteiger partial charge in [-0.3, -0.25) is 0 Å². The van der Waals surface area contributed by atoms with Gasteiger partial charge in [-0.2, -0.15) is 0 Å². The van der Waals surface area contributed by atoms with Gasteiger partial charge in [0.15, 0.2) is 0 Å². The number of hydrogen-bond donors (Lipinski definition) is 4. The summed E-state index contributed by atoms with van der Waals surface area (Å²) in [6.07, 6.45) is -1.38. The Morgan fingerprint density at radius 1 is 1.58 bits per heavy atom. The van der Waals surface area contributed by atoms with Crippen LogP contribution in [-0.4, -0.2) is 52.0 Å². The summed E-state index contributed by atoms with van der Waals surface area (Å²) in [6, 6.07) is -0.528. The molecule has 4 N–H and O–H groups in total. The molecule has 2 aliphatic rings. The number of epoxide rings is 1. The van der Waals surface area contributed by atoms with Gasteiger partial charge in [0.25, 0.3) is 0 Å². The molecule has 0 bridgehead atoms. The number of aliphatic hydroxyl groups is 3. The third-order valence-electron chi connectivity index (χ3n) is 2.60. The van der Waals surface area contributed by atoms with Crippen LogP contribution in [0.3, 0.4) is 0 Å². The van der Waals surface area contributed by atoms with Gasteiger partial charge < -0.3 is 25.4 Å². The smallest absolute Gasteiger partial charge is 0.223 e. The Labute approximate surface area is 70.0 Å². The molecule has 2 heterocycles. The van der Waals surface area contributed by atoms with E-state index in [-0.39, 0.29) is 18.7 Å². The number of aliphatic hydroxyl groups excluding tert-OH is 2. The molecule has 0 amide bonds. The van der Waals surface area contributed by atoms with E-state index in [0.29, 0.717) is 0 Å². The van der Waals surface area contributed by atoms with E-state index in [1.807, 2.05) is 0 Å². The fourth-order valence-electron chi connectivity index (χ4n) is 1.80. The Kier molecular flexibility index (Phi) is 1.68. The second kappa shape index (κ2) is 2.40. The van der Waals surface area contributed by atoms with Gasteiger partial charge in [0, 0.05) is 6.04 Å². The largest absolute Gasteiger partial charge is 0.395 e. The van der Waals surface area contributed by atoms with Gasteiger partial charge in [0.05, 0.1) is 12.6 Å². The molecule has 2 rings (SSSR count). The van der Waals surface area contributed by atoms with Crippen molar-refractivity contribution >= 4 is 0 Å². The van der Waals surface area contributed by atoms with Crippen molar-refractivity contribution in [1.82, 2.24) is 5.32 Å². The molecule has 0 radical (unpaired) electrons. The highest BCUT2D eigenvalue weighted by atomic mass is 16.7. The summed E-state index contributed by atoms with van der Waals surface area (Å²) in [7, 11) is 0. The molecule has 12 heavy (non-hydrogen) atoms. The number of nitrogens with one attached hydrogen (secondary N) is 1.